The van der Waals surface area contributed by atoms with Gasteiger partial charge in [-0.15, -0.1) is 0 Å². The highest BCUT2D eigenvalue weighted by atomic mass is 32.1. The SMILES string of the molecule is CCOc1ccc2nc(N3C(=O)C(=O)/C(=C(/O)c4ccc5c(c4)C[C@H](C)O5)[C@H]3c3ccc(OCC)c(OC)c3)sc2c1. The number of hydrogen-bond acceptors (Lipinski definition) is 9. The van der Waals surface area contributed by atoms with Crippen LogP contribution in [0.3, 0.4) is 0 Å². The van der Waals surface area contributed by atoms with Gasteiger partial charge >= 0.3 is 5.91 Å². The minimum Gasteiger partial charge on any atom is -0.507 e. The second-order valence-corrected chi connectivity index (χ2v) is 11.0. The van der Waals surface area contributed by atoms with Gasteiger partial charge in [-0.2, -0.15) is 0 Å². The molecule has 3 heterocycles. The number of anilines is 1. The molecule has 9 nitrogen and oxygen atoms in total. The van der Waals surface area contributed by atoms with E-state index >= 15 is 0 Å². The van der Waals surface area contributed by atoms with Crippen molar-refractivity contribution >= 4 is 44.1 Å². The van der Waals surface area contributed by atoms with Crippen molar-refractivity contribution in [3.8, 4) is 23.0 Å². The summed E-state index contributed by atoms with van der Waals surface area (Å²) in [6, 6.07) is 15.0. The highest BCUT2D eigenvalue weighted by Gasteiger charge is 2.48. The van der Waals surface area contributed by atoms with E-state index in [1.807, 2.05) is 45.0 Å². The number of Topliss-reactive ketones (excluding diaryl/α,β-unsaturated/α-hetero) is 1. The van der Waals surface area contributed by atoms with Crippen LogP contribution in [0.1, 0.15) is 43.5 Å². The number of ether oxygens (including phenoxy) is 4. The molecule has 1 amide bonds. The topological polar surface area (TPSA) is 107 Å². The Morgan fingerprint density at radius 1 is 1.05 bits per heavy atom. The van der Waals surface area contributed by atoms with E-state index < -0.39 is 17.7 Å². The highest BCUT2D eigenvalue weighted by Crippen LogP contribution is 2.46. The number of aliphatic hydroxyl groups is 1. The summed E-state index contributed by atoms with van der Waals surface area (Å²) in [6.45, 7) is 6.69. The Morgan fingerprint density at radius 3 is 2.62 bits per heavy atom. The number of fused-ring (bicyclic) bond motifs is 2. The van der Waals surface area contributed by atoms with Crippen LogP contribution in [-0.2, 0) is 16.0 Å². The van der Waals surface area contributed by atoms with Crippen LogP contribution >= 0.6 is 11.3 Å². The van der Waals surface area contributed by atoms with E-state index in [0.29, 0.717) is 58.7 Å². The quantitative estimate of drug-likeness (QED) is 0.151. The first-order chi connectivity index (χ1) is 20.3. The first kappa shape index (κ1) is 27.6. The fourth-order valence-electron chi connectivity index (χ4n) is 5.45. The third kappa shape index (κ3) is 4.71. The summed E-state index contributed by atoms with van der Waals surface area (Å²) in [5.74, 6) is 0.543. The number of carbonyl (C=O) groups is 2. The number of thiazole rings is 1. The molecule has 0 bridgehead atoms. The summed E-state index contributed by atoms with van der Waals surface area (Å²) in [5.41, 5.74) is 2.54. The Morgan fingerprint density at radius 2 is 1.86 bits per heavy atom. The summed E-state index contributed by atoms with van der Waals surface area (Å²) in [7, 11) is 1.52. The van der Waals surface area contributed by atoms with Gasteiger partial charge in [0.1, 0.15) is 23.4 Å². The molecule has 3 aromatic carbocycles. The van der Waals surface area contributed by atoms with Gasteiger partial charge in [-0.3, -0.25) is 14.5 Å². The highest BCUT2D eigenvalue weighted by molar-refractivity contribution is 7.22. The van der Waals surface area contributed by atoms with E-state index in [1.165, 1.54) is 23.3 Å². The Kier molecular flexibility index (Phi) is 7.24. The Bertz CT molecular complexity index is 1740. The molecule has 0 saturated carbocycles. The largest absolute Gasteiger partial charge is 0.507 e. The van der Waals surface area contributed by atoms with Gasteiger partial charge in [0, 0.05) is 12.0 Å². The molecule has 1 saturated heterocycles. The van der Waals surface area contributed by atoms with E-state index in [0.717, 1.165) is 16.0 Å². The van der Waals surface area contributed by atoms with Gasteiger partial charge in [0.05, 0.1) is 42.2 Å². The summed E-state index contributed by atoms with van der Waals surface area (Å²) >= 11 is 1.27. The molecular weight excluding hydrogens is 556 g/mol. The molecule has 2 aliphatic rings. The van der Waals surface area contributed by atoms with Crippen molar-refractivity contribution in [2.75, 3.05) is 25.2 Å². The molecule has 1 N–H and O–H groups in total. The number of carbonyl (C=O) groups excluding carboxylic acids is 2. The monoisotopic (exact) mass is 586 g/mol. The predicted molar refractivity (Wildman–Crippen MR) is 160 cm³/mol. The van der Waals surface area contributed by atoms with Gasteiger partial charge < -0.3 is 24.1 Å². The smallest absolute Gasteiger partial charge is 0.301 e. The molecule has 2 aliphatic heterocycles. The summed E-state index contributed by atoms with van der Waals surface area (Å²) in [5, 5.41) is 12.0. The second-order valence-electron chi connectivity index (χ2n) is 10.0. The fraction of sp³-hybridized carbons (Fsp3) is 0.281. The maximum Gasteiger partial charge on any atom is 0.301 e. The molecule has 6 rings (SSSR count). The lowest BCUT2D eigenvalue weighted by atomic mass is 9.94. The van der Waals surface area contributed by atoms with Crippen molar-refractivity contribution in [3.05, 3.63) is 76.9 Å². The van der Waals surface area contributed by atoms with Crippen molar-refractivity contribution in [2.45, 2.75) is 39.3 Å². The van der Waals surface area contributed by atoms with Crippen LogP contribution in [0.25, 0.3) is 16.0 Å². The number of amides is 1. The van der Waals surface area contributed by atoms with Crippen molar-refractivity contribution < 1.29 is 33.6 Å². The number of nitrogens with zero attached hydrogens (tertiary/aromatic N) is 2. The Labute approximate surface area is 246 Å². The van der Waals surface area contributed by atoms with Crippen LogP contribution in [0.5, 0.6) is 23.0 Å². The van der Waals surface area contributed by atoms with Crippen LogP contribution in [-0.4, -0.2) is 48.2 Å². The normalized spacial score (nSPS) is 19.2. The molecule has 4 aromatic rings. The van der Waals surface area contributed by atoms with Gasteiger partial charge in [-0.05, 0) is 80.4 Å². The molecule has 1 fully saturated rings. The third-order valence-corrected chi connectivity index (χ3v) is 8.30. The minimum atomic E-state index is -0.968. The zero-order chi connectivity index (χ0) is 29.5. The van der Waals surface area contributed by atoms with Crippen LogP contribution in [0.2, 0.25) is 0 Å². The van der Waals surface area contributed by atoms with E-state index in [4.69, 9.17) is 23.9 Å². The summed E-state index contributed by atoms with van der Waals surface area (Å²) < 4.78 is 23.5. The summed E-state index contributed by atoms with van der Waals surface area (Å²) in [6.07, 6.45) is 0.696. The number of benzene rings is 3. The maximum absolute atomic E-state index is 13.7. The number of aliphatic hydroxyl groups excluding tert-OH is 1. The fourth-order valence-corrected chi connectivity index (χ4v) is 6.47. The zero-order valence-corrected chi connectivity index (χ0v) is 24.5. The van der Waals surface area contributed by atoms with Crippen LogP contribution in [0.15, 0.2) is 60.2 Å². The molecule has 42 heavy (non-hydrogen) atoms. The zero-order valence-electron chi connectivity index (χ0n) is 23.7. The first-order valence-corrected chi connectivity index (χ1v) is 14.6. The van der Waals surface area contributed by atoms with Gasteiger partial charge in [0.2, 0.25) is 0 Å². The van der Waals surface area contributed by atoms with Gasteiger partial charge in [0.15, 0.2) is 16.6 Å². The van der Waals surface area contributed by atoms with E-state index in [2.05, 4.69) is 0 Å². The van der Waals surface area contributed by atoms with Crippen LogP contribution in [0.4, 0.5) is 5.13 Å². The average molecular weight is 587 g/mol. The van der Waals surface area contributed by atoms with Crippen LogP contribution in [0, 0.1) is 0 Å². The number of hydrogen-bond donors (Lipinski definition) is 1. The van der Waals surface area contributed by atoms with Crippen molar-refractivity contribution in [2.24, 2.45) is 0 Å². The second kappa shape index (κ2) is 11.0. The lowest BCUT2D eigenvalue weighted by Crippen LogP contribution is -2.29. The minimum absolute atomic E-state index is 0.0153. The maximum atomic E-state index is 13.7. The number of rotatable bonds is 8. The molecule has 216 valence electrons. The van der Waals surface area contributed by atoms with Crippen LogP contribution < -0.4 is 23.8 Å². The third-order valence-electron chi connectivity index (χ3n) is 7.28. The molecule has 0 spiro atoms. The molecule has 0 radical (unpaired) electrons. The van der Waals surface area contributed by atoms with Crippen molar-refractivity contribution in [1.82, 2.24) is 4.98 Å². The lowest BCUT2D eigenvalue weighted by molar-refractivity contribution is -0.132. The molecule has 0 aliphatic carbocycles. The van der Waals surface area contributed by atoms with Gasteiger partial charge in [0.25, 0.3) is 5.78 Å². The van der Waals surface area contributed by atoms with E-state index in [-0.39, 0.29) is 17.4 Å². The lowest BCUT2D eigenvalue weighted by Gasteiger charge is -2.24. The molecule has 10 heteroatoms. The number of methoxy groups -OCH3 is 1. The average Bonchev–Trinajstić information content (AvgIpc) is 3.65. The van der Waals surface area contributed by atoms with Gasteiger partial charge in [-0.25, -0.2) is 4.98 Å². The van der Waals surface area contributed by atoms with Gasteiger partial charge in [-0.1, -0.05) is 17.4 Å². The van der Waals surface area contributed by atoms with Crippen molar-refractivity contribution in [1.29, 1.82) is 0 Å². The Balaban J connectivity index is 1.53. The van der Waals surface area contributed by atoms with E-state index in [9.17, 15) is 14.7 Å². The number of aromatic nitrogens is 1. The first-order valence-electron chi connectivity index (χ1n) is 13.8. The molecule has 2 atom stereocenters. The molecular formula is C32H30N2O7S. The number of ketones is 1. The van der Waals surface area contributed by atoms with E-state index in [1.54, 1.807) is 30.3 Å². The molecule has 1 aromatic heterocycles. The summed E-state index contributed by atoms with van der Waals surface area (Å²) in [4.78, 5) is 33.5. The predicted octanol–water partition coefficient (Wildman–Crippen LogP) is 6.05. The van der Waals surface area contributed by atoms with Crippen molar-refractivity contribution in [3.63, 3.8) is 0 Å². The standard InChI is InChI=1S/C32H30N2O7S/c1-5-39-21-9-10-22-26(16-21)42-32(33-22)34-28(18-7-12-24(40-6-2)25(15-18)38-4)27(30(36)31(34)37)29(35)19-8-11-23-20(14-19)13-17(3)41-23/h7-12,14-17,28,35H,5-6,13H2,1-4H3/b29-27+/t17-,28+/m0/s1. The molecule has 0 unspecified atom stereocenters. The Hall–Kier alpha value is -4.57.